The minimum Gasteiger partial charge on any atom is -0.481 e. The first-order valence-corrected chi connectivity index (χ1v) is 8.18. The Hall–Kier alpha value is -2.50. The maximum Gasteiger partial charge on any atom is 0.309 e. The van der Waals surface area contributed by atoms with Crippen LogP contribution in [0.2, 0.25) is 0 Å². The highest BCUT2D eigenvalue weighted by Crippen LogP contribution is 2.59. The van der Waals surface area contributed by atoms with Gasteiger partial charge in [-0.25, -0.2) is 14.5 Å². The van der Waals surface area contributed by atoms with Crippen LogP contribution < -0.4 is 0 Å². The van der Waals surface area contributed by atoms with Crippen LogP contribution in [0.4, 0.5) is 0 Å². The lowest BCUT2D eigenvalue weighted by molar-refractivity contribution is -0.153. The number of carboxylic acid groups (broad SMARTS) is 1. The zero-order valence-corrected chi connectivity index (χ0v) is 14.0. The molecule has 6 heteroatoms. The van der Waals surface area contributed by atoms with E-state index in [1.807, 2.05) is 45.0 Å². The van der Waals surface area contributed by atoms with Crippen LogP contribution >= 0.6 is 0 Å². The average Bonchev–Trinajstić information content (AvgIpc) is 3.07. The second-order valence-corrected chi connectivity index (χ2v) is 7.45. The van der Waals surface area contributed by atoms with Crippen molar-refractivity contribution in [2.24, 2.45) is 10.8 Å². The maximum atomic E-state index is 11.8. The van der Waals surface area contributed by atoms with Crippen molar-refractivity contribution in [3.05, 3.63) is 36.4 Å². The molecule has 1 aromatic carbocycles. The number of hydrogen-bond acceptors (Lipinski definition) is 4. The summed E-state index contributed by atoms with van der Waals surface area (Å²) in [5.41, 5.74) is 0.461. The van der Waals surface area contributed by atoms with Crippen LogP contribution in [-0.4, -0.2) is 30.7 Å². The largest absolute Gasteiger partial charge is 0.481 e. The van der Waals surface area contributed by atoms with Crippen molar-refractivity contribution in [2.45, 2.75) is 39.5 Å². The molecule has 0 bridgehead atoms. The van der Waals surface area contributed by atoms with Gasteiger partial charge in [-0.3, -0.25) is 4.79 Å². The lowest BCUT2D eigenvalue weighted by Gasteiger charge is -2.37. The minimum absolute atomic E-state index is 0.0114. The lowest BCUT2D eigenvalue weighted by atomic mass is 9.65. The highest BCUT2D eigenvalue weighted by Gasteiger charge is 2.57. The van der Waals surface area contributed by atoms with Crippen LogP contribution in [0.5, 0.6) is 0 Å². The van der Waals surface area contributed by atoms with E-state index in [4.69, 9.17) is 4.98 Å². The summed E-state index contributed by atoms with van der Waals surface area (Å²) in [5, 5.41) is 15.3. The van der Waals surface area contributed by atoms with E-state index in [0.717, 1.165) is 23.0 Å². The third kappa shape index (κ3) is 1.82. The van der Waals surface area contributed by atoms with Crippen LogP contribution in [0.3, 0.4) is 0 Å². The van der Waals surface area contributed by atoms with Crippen LogP contribution in [-0.2, 0) is 4.79 Å². The average molecular weight is 324 g/mol. The fourth-order valence-corrected chi connectivity index (χ4v) is 3.98. The molecule has 3 aromatic rings. The standard InChI is InChI=1S/C18H20N4O2/c1-17(2)12(8-9-18(17,3)16(23)24)14-20-15-11-6-4-5-7-13(11)19-10-22(15)21-14/h4-7,10,12H,8-9H2,1-3H3,(H,23,24)/t12-,18+/m0/s1. The lowest BCUT2D eigenvalue weighted by Crippen LogP contribution is -2.40. The molecular weight excluding hydrogens is 304 g/mol. The fraction of sp³-hybridized carbons (Fsp3) is 0.444. The van der Waals surface area contributed by atoms with Crippen molar-refractivity contribution in [3.8, 4) is 0 Å². The van der Waals surface area contributed by atoms with Gasteiger partial charge in [0.1, 0.15) is 6.33 Å². The van der Waals surface area contributed by atoms with E-state index in [2.05, 4.69) is 10.1 Å². The van der Waals surface area contributed by atoms with Crippen molar-refractivity contribution >= 4 is 22.5 Å². The van der Waals surface area contributed by atoms with Gasteiger partial charge in [0.15, 0.2) is 11.5 Å². The fourth-order valence-electron chi connectivity index (χ4n) is 3.98. The normalized spacial score (nSPS) is 26.2. The monoisotopic (exact) mass is 324 g/mol. The first-order chi connectivity index (χ1) is 11.3. The Labute approximate surface area is 139 Å². The molecule has 0 saturated heterocycles. The number of fused-ring (bicyclic) bond motifs is 3. The number of nitrogens with zero attached hydrogens (tertiary/aromatic N) is 4. The van der Waals surface area contributed by atoms with Gasteiger partial charge in [0.2, 0.25) is 0 Å². The molecule has 2 heterocycles. The summed E-state index contributed by atoms with van der Waals surface area (Å²) in [6.45, 7) is 5.86. The molecule has 24 heavy (non-hydrogen) atoms. The zero-order valence-electron chi connectivity index (χ0n) is 14.0. The van der Waals surface area contributed by atoms with Crippen LogP contribution in [0.25, 0.3) is 16.6 Å². The van der Waals surface area contributed by atoms with E-state index in [0.29, 0.717) is 12.2 Å². The number of aliphatic carboxylic acids is 1. The summed E-state index contributed by atoms with van der Waals surface area (Å²) < 4.78 is 1.70. The van der Waals surface area contributed by atoms with Gasteiger partial charge in [0.25, 0.3) is 0 Å². The molecule has 0 radical (unpaired) electrons. The summed E-state index contributed by atoms with van der Waals surface area (Å²) >= 11 is 0. The molecule has 1 aliphatic rings. The molecule has 1 aliphatic carbocycles. The van der Waals surface area contributed by atoms with E-state index in [1.54, 1.807) is 10.8 Å². The second kappa shape index (κ2) is 4.75. The van der Waals surface area contributed by atoms with E-state index >= 15 is 0 Å². The Kier molecular flexibility index (Phi) is 2.98. The Morgan fingerprint density at radius 3 is 2.75 bits per heavy atom. The molecule has 4 rings (SSSR count). The van der Waals surface area contributed by atoms with E-state index in [1.165, 1.54) is 0 Å². The third-order valence-electron chi connectivity index (χ3n) is 6.11. The Balaban J connectivity index is 1.86. The summed E-state index contributed by atoms with van der Waals surface area (Å²) in [6.07, 6.45) is 3.08. The number of carbonyl (C=O) groups is 1. The van der Waals surface area contributed by atoms with Crippen molar-refractivity contribution < 1.29 is 9.90 Å². The predicted molar refractivity (Wildman–Crippen MR) is 89.8 cm³/mol. The number of rotatable bonds is 2. The number of aromatic nitrogens is 4. The molecule has 0 unspecified atom stereocenters. The molecule has 1 saturated carbocycles. The number of benzene rings is 1. The molecule has 124 valence electrons. The van der Waals surface area contributed by atoms with Gasteiger partial charge in [-0.2, -0.15) is 0 Å². The second-order valence-electron chi connectivity index (χ2n) is 7.45. The van der Waals surface area contributed by atoms with Crippen molar-refractivity contribution in [3.63, 3.8) is 0 Å². The van der Waals surface area contributed by atoms with Crippen molar-refractivity contribution in [1.29, 1.82) is 0 Å². The van der Waals surface area contributed by atoms with Gasteiger partial charge in [-0.1, -0.05) is 26.0 Å². The van der Waals surface area contributed by atoms with Gasteiger partial charge in [0, 0.05) is 11.3 Å². The molecule has 6 nitrogen and oxygen atoms in total. The van der Waals surface area contributed by atoms with Gasteiger partial charge in [-0.05, 0) is 37.3 Å². The molecule has 2 atom stereocenters. The third-order valence-corrected chi connectivity index (χ3v) is 6.11. The topological polar surface area (TPSA) is 80.4 Å². The van der Waals surface area contributed by atoms with Crippen LogP contribution in [0.1, 0.15) is 45.4 Å². The smallest absolute Gasteiger partial charge is 0.309 e. The Morgan fingerprint density at radius 2 is 2.04 bits per heavy atom. The first-order valence-electron chi connectivity index (χ1n) is 8.18. The maximum absolute atomic E-state index is 11.8. The summed E-state index contributed by atoms with van der Waals surface area (Å²) in [5.74, 6) is -0.0220. The van der Waals surface area contributed by atoms with Gasteiger partial charge in [0.05, 0.1) is 10.9 Å². The molecule has 1 fully saturated rings. The molecule has 0 spiro atoms. The molecule has 0 aliphatic heterocycles. The van der Waals surface area contributed by atoms with Gasteiger partial charge in [-0.15, -0.1) is 5.10 Å². The van der Waals surface area contributed by atoms with E-state index in [-0.39, 0.29) is 5.92 Å². The molecular formula is C18H20N4O2. The molecule has 2 aromatic heterocycles. The van der Waals surface area contributed by atoms with Gasteiger partial charge >= 0.3 is 5.97 Å². The zero-order chi connectivity index (χ0) is 17.1. The Bertz CT molecular complexity index is 962. The van der Waals surface area contributed by atoms with E-state index < -0.39 is 16.8 Å². The number of hydrogen-bond donors (Lipinski definition) is 1. The van der Waals surface area contributed by atoms with Crippen molar-refractivity contribution in [1.82, 2.24) is 19.6 Å². The van der Waals surface area contributed by atoms with Crippen molar-refractivity contribution in [2.75, 3.05) is 0 Å². The van der Waals surface area contributed by atoms with Crippen LogP contribution in [0, 0.1) is 10.8 Å². The number of para-hydroxylation sites is 1. The molecule has 1 N–H and O–H groups in total. The highest BCUT2D eigenvalue weighted by atomic mass is 16.4. The minimum atomic E-state index is -0.768. The molecule has 0 amide bonds. The highest BCUT2D eigenvalue weighted by molar-refractivity contribution is 5.90. The summed E-state index contributed by atoms with van der Waals surface area (Å²) in [7, 11) is 0. The SMILES string of the molecule is CC1(C)[C@H](c2nc3c4ccccc4ncn3n2)CC[C@]1(C)C(=O)O. The van der Waals surface area contributed by atoms with Gasteiger partial charge < -0.3 is 5.11 Å². The summed E-state index contributed by atoms with van der Waals surface area (Å²) in [4.78, 5) is 21.0. The van der Waals surface area contributed by atoms with Crippen LogP contribution in [0.15, 0.2) is 30.6 Å². The summed E-state index contributed by atoms with van der Waals surface area (Å²) in [6, 6.07) is 7.84. The predicted octanol–water partition coefficient (Wildman–Crippen LogP) is 3.27. The Morgan fingerprint density at radius 1 is 1.29 bits per heavy atom. The van der Waals surface area contributed by atoms with E-state index in [9.17, 15) is 9.90 Å². The first kappa shape index (κ1) is 15.1. The number of carboxylic acids is 1. The quantitative estimate of drug-likeness (QED) is 0.782.